The third-order valence-electron chi connectivity index (χ3n) is 5.57. The first-order valence-corrected chi connectivity index (χ1v) is 11.0. The van der Waals surface area contributed by atoms with Crippen LogP contribution in [-0.4, -0.2) is 42.2 Å². The summed E-state index contributed by atoms with van der Waals surface area (Å²) in [7, 11) is 0. The molecule has 1 fully saturated rings. The first kappa shape index (κ1) is 19.3. The minimum Gasteiger partial charge on any atom is -0.492 e. The van der Waals surface area contributed by atoms with Crippen LogP contribution in [0, 0.1) is 5.82 Å². The molecule has 0 aliphatic carbocycles. The number of ether oxygens (including phenoxy) is 1. The lowest BCUT2D eigenvalue weighted by atomic mass is 9.99. The monoisotopic (exact) mass is 452 g/mol. The van der Waals surface area contributed by atoms with Crippen molar-refractivity contribution < 1.29 is 9.13 Å². The lowest BCUT2D eigenvalue weighted by Gasteiger charge is -2.38. The van der Waals surface area contributed by atoms with E-state index >= 15 is 0 Å². The van der Waals surface area contributed by atoms with E-state index < -0.39 is 0 Å². The van der Waals surface area contributed by atoms with E-state index in [-0.39, 0.29) is 5.82 Å². The second-order valence-electron chi connectivity index (χ2n) is 7.33. The number of piperazine rings is 1. The van der Waals surface area contributed by atoms with Crippen molar-refractivity contribution in [3.8, 4) is 16.9 Å². The van der Waals surface area contributed by atoms with Gasteiger partial charge in [0.05, 0.1) is 26.9 Å². The van der Waals surface area contributed by atoms with E-state index in [1.165, 1.54) is 6.07 Å². The highest BCUT2D eigenvalue weighted by molar-refractivity contribution is 7.22. The molecule has 0 amide bonds. The third-order valence-corrected chi connectivity index (χ3v) is 7.13. The number of benzene rings is 2. The van der Waals surface area contributed by atoms with Crippen LogP contribution >= 0.6 is 34.5 Å². The normalized spacial score (nSPS) is 19.9. The molecule has 9 heteroatoms. The highest BCUT2D eigenvalue weighted by Crippen LogP contribution is 2.47. The number of hydrogen-bond donors (Lipinski definition) is 2. The molecule has 1 saturated heterocycles. The van der Waals surface area contributed by atoms with Gasteiger partial charge in [-0.25, -0.2) is 9.37 Å². The molecular weight excluding hydrogens is 434 g/mol. The average molecular weight is 453 g/mol. The van der Waals surface area contributed by atoms with E-state index in [1.807, 2.05) is 6.07 Å². The third kappa shape index (κ3) is 3.35. The van der Waals surface area contributed by atoms with Crippen LogP contribution in [0.1, 0.15) is 12.0 Å². The van der Waals surface area contributed by atoms with Gasteiger partial charge in [0.2, 0.25) is 0 Å². The summed E-state index contributed by atoms with van der Waals surface area (Å²) in [5.41, 5.74) is 8.51. The Morgan fingerprint density at radius 3 is 3.07 bits per heavy atom. The molecule has 3 aromatic rings. The van der Waals surface area contributed by atoms with Crippen LogP contribution in [0.4, 0.5) is 9.52 Å². The highest BCUT2D eigenvalue weighted by atomic mass is 35.5. The summed E-state index contributed by atoms with van der Waals surface area (Å²) in [4.78, 5) is 6.76. The maximum atomic E-state index is 14.2. The lowest BCUT2D eigenvalue weighted by Crippen LogP contribution is -2.51. The van der Waals surface area contributed by atoms with Crippen LogP contribution in [0.25, 0.3) is 21.3 Å². The molecule has 2 aliphatic rings. The average Bonchev–Trinajstić information content (AvgIpc) is 3.07. The largest absolute Gasteiger partial charge is 0.492 e. The second-order valence-corrected chi connectivity index (χ2v) is 9.14. The minimum atomic E-state index is -0.363. The zero-order valence-electron chi connectivity index (χ0n) is 15.5. The Morgan fingerprint density at radius 2 is 2.21 bits per heavy atom. The minimum absolute atomic E-state index is 0.297. The van der Waals surface area contributed by atoms with Crippen molar-refractivity contribution in [1.82, 2.24) is 15.2 Å². The van der Waals surface area contributed by atoms with Crippen molar-refractivity contribution in [1.29, 1.82) is 0 Å². The van der Waals surface area contributed by atoms with Crippen LogP contribution in [0.3, 0.4) is 0 Å². The molecule has 2 aliphatic heterocycles. The zero-order valence-corrected chi connectivity index (χ0v) is 17.8. The van der Waals surface area contributed by atoms with Gasteiger partial charge in [-0.1, -0.05) is 34.5 Å². The number of nitrogens with two attached hydrogens (primary N) is 1. The summed E-state index contributed by atoms with van der Waals surface area (Å²) >= 11 is 14.6. The van der Waals surface area contributed by atoms with Crippen LogP contribution in [0.2, 0.25) is 10.0 Å². The first-order valence-electron chi connectivity index (χ1n) is 9.46. The predicted molar refractivity (Wildman–Crippen MR) is 117 cm³/mol. The lowest BCUT2D eigenvalue weighted by molar-refractivity contribution is 0.115. The molecule has 1 aromatic heterocycles. The van der Waals surface area contributed by atoms with Crippen molar-refractivity contribution in [3.63, 3.8) is 0 Å². The van der Waals surface area contributed by atoms with Crippen molar-refractivity contribution in [2.24, 2.45) is 0 Å². The van der Waals surface area contributed by atoms with Gasteiger partial charge in [0.1, 0.15) is 11.6 Å². The second kappa shape index (κ2) is 7.56. The highest BCUT2D eigenvalue weighted by Gasteiger charge is 2.28. The number of fused-ring (bicyclic) bond motifs is 3. The van der Waals surface area contributed by atoms with Crippen molar-refractivity contribution in [2.45, 2.75) is 19.0 Å². The molecule has 3 heterocycles. The Balaban J connectivity index is 1.65. The van der Waals surface area contributed by atoms with E-state index in [4.69, 9.17) is 33.7 Å². The van der Waals surface area contributed by atoms with Gasteiger partial charge in [0.25, 0.3) is 0 Å². The molecule has 0 saturated carbocycles. The molecule has 3 N–H and O–H groups in total. The van der Waals surface area contributed by atoms with Crippen LogP contribution < -0.4 is 15.8 Å². The number of nitrogens with one attached hydrogen (secondary N) is 1. The van der Waals surface area contributed by atoms with E-state index in [0.717, 1.165) is 49.5 Å². The molecule has 1 atom stereocenters. The van der Waals surface area contributed by atoms with Gasteiger partial charge in [-0.05, 0) is 24.6 Å². The summed E-state index contributed by atoms with van der Waals surface area (Å²) in [6, 6.07) is 5.38. The molecule has 0 spiro atoms. The Labute approximate surface area is 181 Å². The number of thiazole rings is 1. The molecule has 2 aromatic carbocycles. The summed E-state index contributed by atoms with van der Waals surface area (Å²) < 4.78 is 20.7. The van der Waals surface area contributed by atoms with E-state index in [0.29, 0.717) is 54.9 Å². The molecule has 29 heavy (non-hydrogen) atoms. The van der Waals surface area contributed by atoms with Crippen LogP contribution in [0.15, 0.2) is 18.2 Å². The number of rotatable bonds is 1. The molecular formula is C20H19Cl2FN4OS. The predicted octanol–water partition coefficient (Wildman–Crippen LogP) is 4.55. The molecule has 1 unspecified atom stereocenters. The SMILES string of the molecule is Nc1nc2c(-c3c(Cl)cc4c(c3Cl)OCCC3CNCCN3C4)ccc(F)c2s1. The fourth-order valence-electron chi connectivity index (χ4n) is 4.18. The first-order chi connectivity index (χ1) is 14.0. The van der Waals surface area contributed by atoms with Crippen LogP contribution in [-0.2, 0) is 6.54 Å². The number of halogens is 3. The van der Waals surface area contributed by atoms with Gasteiger partial charge in [-0.2, -0.15) is 0 Å². The van der Waals surface area contributed by atoms with Gasteiger partial charge in [-0.15, -0.1) is 0 Å². The van der Waals surface area contributed by atoms with Crippen molar-refractivity contribution in [3.05, 3.63) is 39.6 Å². The van der Waals surface area contributed by atoms with E-state index in [1.54, 1.807) is 6.07 Å². The van der Waals surface area contributed by atoms with Crippen LogP contribution in [0.5, 0.6) is 5.75 Å². The maximum Gasteiger partial charge on any atom is 0.181 e. The van der Waals surface area contributed by atoms with Gasteiger partial charge in [0, 0.05) is 48.9 Å². The number of nitrogen functional groups attached to an aromatic ring is 1. The smallest absolute Gasteiger partial charge is 0.181 e. The number of aromatic nitrogens is 1. The Bertz CT molecular complexity index is 1110. The summed E-state index contributed by atoms with van der Waals surface area (Å²) in [5.74, 6) is 0.279. The number of hydrogen-bond acceptors (Lipinski definition) is 6. The van der Waals surface area contributed by atoms with Crippen molar-refractivity contribution >= 4 is 49.9 Å². The maximum absolute atomic E-state index is 14.2. The van der Waals surface area contributed by atoms with Gasteiger partial charge < -0.3 is 15.8 Å². The van der Waals surface area contributed by atoms with Gasteiger partial charge in [0.15, 0.2) is 5.13 Å². The quantitative estimate of drug-likeness (QED) is 0.566. The topological polar surface area (TPSA) is 63.4 Å². The molecule has 152 valence electrons. The Kier molecular flexibility index (Phi) is 5.04. The Hall–Kier alpha value is -1.64. The van der Waals surface area contributed by atoms with E-state index in [2.05, 4.69) is 15.2 Å². The fraction of sp³-hybridized carbons (Fsp3) is 0.350. The van der Waals surface area contributed by atoms with Crippen molar-refractivity contribution in [2.75, 3.05) is 32.0 Å². The van der Waals surface area contributed by atoms with Gasteiger partial charge >= 0.3 is 0 Å². The number of anilines is 1. The van der Waals surface area contributed by atoms with E-state index in [9.17, 15) is 4.39 Å². The summed E-state index contributed by atoms with van der Waals surface area (Å²) in [6.07, 6.45) is 0.921. The molecule has 5 nitrogen and oxygen atoms in total. The fourth-order valence-corrected chi connectivity index (χ4v) is 5.70. The molecule has 5 rings (SSSR count). The summed E-state index contributed by atoms with van der Waals surface area (Å²) in [5, 5.41) is 4.65. The number of nitrogens with zero attached hydrogens (tertiary/aromatic N) is 2. The molecule has 0 radical (unpaired) electrons. The zero-order chi connectivity index (χ0) is 20.1. The standard InChI is InChI=1S/C20H19Cl2FN4OS/c21-13-7-10-9-27-5-4-25-8-11(27)3-6-28-18(10)16(22)15(13)12-1-2-14(23)19-17(12)26-20(24)29-19/h1-2,7,11,25H,3-6,8-9H2,(H2,24,26). The summed E-state index contributed by atoms with van der Waals surface area (Å²) in [6.45, 7) is 4.18. The van der Waals surface area contributed by atoms with Gasteiger partial charge in [-0.3, -0.25) is 4.90 Å². The Morgan fingerprint density at radius 1 is 1.34 bits per heavy atom. The molecule has 0 bridgehead atoms.